The van der Waals surface area contributed by atoms with Gasteiger partial charge in [0.25, 0.3) is 11.1 Å². The van der Waals surface area contributed by atoms with Gasteiger partial charge in [-0.05, 0) is 60.2 Å². The minimum atomic E-state index is -0.232. The molecule has 1 aromatic heterocycles. The second kappa shape index (κ2) is 8.57. The lowest BCUT2D eigenvalue weighted by molar-refractivity contribution is -0.124. The highest BCUT2D eigenvalue weighted by Gasteiger charge is 2.36. The minimum Gasteiger partial charge on any atom is -0.369 e. The summed E-state index contributed by atoms with van der Waals surface area (Å²) >= 11 is 7.24. The minimum absolute atomic E-state index is 0.219. The van der Waals surface area contributed by atoms with Crippen LogP contribution in [-0.4, -0.2) is 58.8 Å². The first kappa shape index (κ1) is 19.9. The molecule has 0 radical (unpaired) electrons. The summed E-state index contributed by atoms with van der Waals surface area (Å²) in [4.78, 5) is 35.2. The van der Waals surface area contributed by atoms with Crippen molar-refractivity contribution in [2.45, 2.75) is 6.92 Å². The zero-order valence-corrected chi connectivity index (χ0v) is 17.6. The molecule has 2 saturated heterocycles. The van der Waals surface area contributed by atoms with Gasteiger partial charge in [-0.3, -0.25) is 24.4 Å². The number of amides is 2. The van der Waals surface area contributed by atoms with Crippen LogP contribution in [0.1, 0.15) is 11.1 Å². The van der Waals surface area contributed by atoms with Crippen LogP contribution in [0.2, 0.25) is 5.02 Å². The number of rotatable bonds is 4. The van der Waals surface area contributed by atoms with Crippen molar-refractivity contribution in [3.63, 3.8) is 0 Å². The molecule has 2 aliphatic rings. The number of thioether (sulfide) groups is 1. The number of hydrogen-bond donors (Lipinski definition) is 0. The van der Waals surface area contributed by atoms with Crippen molar-refractivity contribution in [1.82, 2.24) is 14.8 Å². The Morgan fingerprint density at radius 3 is 2.52 bits per heavy atom. The molecule has 3 heterocycles. The van der Waals surface area contributed by atoms with E-state index in [1.807, 2.05) is 31.2 Å². The van der Waals surface area contributed by atoms with Gasteiger partial charge in [-0.2, -0.15) is 0 Å². The maximum atomic E-state index is 12.7. The summed E-state index contributed by atoms with van der Waals surface area (Å²) in [7, 11) is 0. The fourth-order valence-electron chi connectivity index (χ4n) is 3.36. The summed E-state index contributed by atoms with van der Waals surface area (Å²) in [6.45, 7) is 5.50. The van der Waals surface area contributed by atoms with Gasteiger partial charge in [-0.1, -0.05) is 17.7 Å². The van der Waals surface area contributed by atoms with Gasteiger partial charge in [0, 0.05) is 49.3 Å². The smallest absolute Gasteiger partial charge is 0.294 e. The number of aromatic nitrogens is 1. The van der Waals surface area contributed by atoms with Gasteiger partial charge < -0.3 is 4.90 Å². The Hall–Kier alpha value is -2.35. The number of halogens is 1. The Balaban J connectivity index is 1.36. The molecule has 6 nitrogen and oxygen atoms in total. The molecular weight excluding hydrogens is 408 g/mol. The van der Waals surface area contributed by atoms with E-state index in [0.29, 0.717) is 11.6 Å². The van der Waals surface area contributed by atoms with Crippen LogP contribution in [-0.2, 0) is 4.79 Å². The molecule has 0 N–H and O–H groups in total. The van der Waals surface area contributed by atoms with Gasteiger partial charge in [0.1, 0.15) is 0 Å². The van der Waals surface area contributed by atoms with Gasteiger partial charge in [0.05, 0.1) is 11.6 Å². The molecule has 0 aliphatic carbocycles. The maximum absolute atomic E-state index is 12.7. The van der Waals surface area contributed by atoms with E-state index in [1.165, 1.54) is 4.90 Å². The lowest BCUT2D eigenvalue weighted by Crippen LogP contribution is -2.50. The molecule has 4 rings (SSSR count). The van der Waals surface area contributed by atoms with Crippen molar-refractivity contribution in [2.24, 2.45) is 0 Å². The number of carbonyl (C=O) groups excluding carboxylic acids is 2. The topological polar surface area (TPSA) is 56.8 Å². The molecule has 8 heteroatoms. The highest BCUT2D eigenvalue weighted by Crippen LogP contribution is 2.32. The van der Waals surface area contributed by atoms with Gasteiger partial charge >= 0.3 is 0 Å². The highest BCUT2D eigenvalue weighted by molar-refractivity contribution is 8.18. The van der Waals surface area contributed by atoms with Crippen LogP contribution in [0.3, 0.4) is 0 Å². The number of anilines is 1. The summed E-state index contributed by atoms with van der Waals surface area (Å²) in [5.74, 6) is -0.232. The van der Waals surface area contributed by atoms with Crippen LogP contribution in [0.25, 0.3) is 6.08 Å². The summed E-state index contributed by atoms with van der Waals surface area (Å²) in [5, 5.41) is 0.548. The molecule has 2 aliphatic heterocycles. The van der Waals surface area contributed by atoms with Crippen molar-refractivity contribution < 1.29 is 9.59 Å². The van der Waals surface area contributed by atoms with Crippen molar-refractivity contribution in [1.29, 1.82) is 0 Å². The third-order valence-corrected chi connectivity index (χ3v) is 6.43. The second-order valence-electron chi connectivity index (χ2n) is 7.07. The Morgan fingerprint density at radius 1 is 1.10 bits per heavy atom. The Morgan fingerprint density at radius 2 is 1.83 bits per heavy atom. The summed E-state index contributed by atoms with van der Waals surface area (Å²) in [6.07, 6.45) is 5.07. The number of carbonyl (C=O) groups is 2. The number of benzene rings is 1. The number of aryl methyl sites for hydroxylation is 1. The van der Waals surface area contributed by atoms with E-state index in [4.69, 9.17) is 11.6 Å². The molecule has 0 unspecified atom stereocenters. The molecule has 29 heavy (non-hydrogen) atoms. The number of nitrogens with zero attached hydrogens (tertiary/aromatic N) is 4. The molecule has 1 aromatic carbocycles. The Labute approximate surface area is 179 Å². The van der Waals surface area contributed by atoms with Crippen molar-refractivity contribution >= 4 is 46.3 Å². The van der Waals surface area contributed by atoms with E-state index < -0.39 is 0 Å². The number of imide groups is 1. The van der Waals surface area contributed by atoms with Gasteiger partial charge in [0.2, 0.25) is 0 Å². The molecule has 0 spiro atoms. The van der Waals surface area contributed by atoms with Gasteiger partial charge in [0.15, 0.2) is 0 Å². The zero-order chi connectivity index (χ0) is 20.4. The van der Waals surface area contributed by atoms with Gasteiger partial charge in [-0.15, -0.1) is 0 Å². The predicted octanol–water partition coefficient (Wildman–Crippen LogP) is 3.86. The monoisotopic (exact) mass is 428 g/mol. The first-order valence-corrected chi connectivity index (χ1v) is 10.6. The second-order valence-corrected chi connectivity index (χ2v) is 8.47. The fourth-order valence-corrected chi connectivity index (χ4v) is 4.37. The molecule has 150 valence electrons. The largest absolute Gasteiger partial charge is 0.369 e. The molecule has 0 bridgehead atoms. The van der Waals surface area contributed by atoms with Crippen LogP contribution in [0, 0.1) is 6.92 Å². The van der Waals surface area contributed by atoms with Crippen molar-refractivity contribution in [2.75, 3.05) is 37.7 Å². The van der Waals surface area contributed by atoms with E-state index in [1.54, 1.807) is 18.5 Å². The predicted molar refractivity (Wildman–Crippen MR) is 117 cm³/mol. The number of piperazine rings is 1. The summed E-state index contributed by atoms with van der Waals surface area (Å²) < 4.78 is 0. The Kier molecular flexibility index (Phi) is 5.89. The van der Waals surface area contributed by atoms with E-state index in [0.717, 1.165) is 59.8 Å². The lowest BCUT2D eigenvalue weighted by atomic mass is 10.2. The normalized spacial score (nSPS) is 19.4. The van der Waals surface area contributed by atoms with Crippen LogP contribution in [0.5, 0.6) is 0 Å². The number of pyridine rings is 1. The quantitative estimate of drug-likeness (QED) is 0.689. The molecule has 2 fully saturated rings. The van der Waals surface area contributed by atoms with E-state index in [9.17, 15) is 9.59 Å². The van der Waals surface area contributed by atoms with Crippen molar-refractivity contribution in [3.8, 4) is 0 Å². The summed E-state index contributed by atoms with van der Waals surface area (Å²) in [6, 6.07) is 9.72. The standard InChI is InChI=1S/C21H21ClN4O2S/c1-15-2-3-17(13-18(15)22)25-10-8-24(9-11-25)14-26-20(27)19(29-21(26)28)12-16-4-6-23-7-5-16/h2-7,12-13H,8-11,14H2,1H3. The number of hydrogen-bond acceptors (Lipinski definition) is 6. The van der Waals surface area contributed by atoms with Crippen LogP contribution in [0.4, 0.5) is 10.5 Å². The van der Waals surface area contributed by atoms with Crippen LogP contribution < -0.4 is 4.90 Å². The molecule has 2 aromatic rings. The fraction of sp³-hybridized carbons (Fsp3) is 0.286. The maximum Gasteiger partial charge on any atom is 0.294 e. The average Bonchev–Trinajstić information content (AvgIpc) is 2.99. The highest BCUT2D eigenvalue weighted by atomic mass is 35.5. The van der Waals surface area contributed by atoms with Crippen molar-refractivity contribution in [3.05, 3.63) is 63.8 Å². The summed E-state index contributed by atoms with van der Waals surface area (Å²) in [5.41, 5.74) is 3.02. The first-order chi connectivity index (χ1) is 14.0. The lowest BCUT2D eigenvalue weighted by Gasteiger charge is -2.37. The SMILES string of the molecule is Cc1ccc(N2CCN(CN3C(=O)SC(=Cc4ccncc4)C3=O)CC2)cc1Cl. The third-order valence-electron chi connectivity index (χ3n) is 5.11. The Bertz CT molecular complexity index is 958. The van der Waals surface area contributed by atoms with Crippen LogP contribution in [0.15, 0.2) is 47.6 Å². The van der Waals surface area contributed by atoms with Gasteiger partial charge in [-0.25, -0.2) is 0 Å². The average molecular weight is 429 g/mol. The van der Waals surface area contributed by atoms with E-state index >= 15 is 0 Å². The van der Waals surface area contributed by atoms with Crippen LogP contribution >= 0.6 is 23.4 Å². The third kappa shape index (κ3) is 4.47. The first-order valence-electron chi connectivity index (χ1n) is 9.40. The molecule has 2 amide bonds. The molecule has 0 atom stereocenters. The molecular formula is C21H21ClN4O2S. The van der Waals surface area contributed by atoms with E-state index in [2.05, 4.69) is 20.9 Å². The zero-order valence-electron chi connectivity index (χ0n) is 16.0. The molecule has 0 saturated carbocycles. The van der Waals surface area contributed by atoms with E-state index in [-0.39, 0.29) is 11.1 Å².